The first-order valence-corrected chi connectivity index (χ1v) is 13.3. The largest absolute Gasteiger partial charge is 0.354 e. The van der Waals surface area contributed by atoms with Crippen molar-refractivity contribution in [2.45, 2.75) is 52.6 Å². The average Bonchev–Trinajstić information content (AvgIpc) is 2.77. The van der Waals surface area contributed by atoms with Crippen molar-refractivity contribution in [2.24, 2.45) is 0 Å². The lowest BCUT2D eigenvalue weighted by molar-refractivity contribution is -0.140. The van der Waals surface area contributed by atoms with Crippen molar-refractivity contribution in [1.82, 2.24) is 10.2 Å². The van der Waals surface area contributed by atoms with Crippen molar-refractivity contribution in [3.8, 4) is 0 Å². The fraction of sp³-hybridized carbons (Fsp3) is 0.440. The van der Waals surface area contributed by atoms with Crippen molar-refractivity contribution in [3.63, 3.8) is 0 Å². The van der Waals surface area contributed by atoms with Crippen LogP contribution in [-0.2, 0) is 26.2 Å². The Morgan fingerprint density at radius 1 is 1.09 bits per heavy atom. The Morgan fingerprint density at radius 3 is 2.38 bits per heavy atom. The van der Waals surface area contributed by atoms with E-state index >= 15 is 0 Å². The molecule has 0 aromatic heterocycles. The van der Waals surface area contributed by atoms with Crippen LogP contribution < -0.4 is 9.62 Å². The monoisotopic (exact) mass is 491 g/mol. The molecule has 1 unspecified atom stereocenters. The summed E-state index contributed by atoms with van der Waals surface area (Å²) < 4.78 is 40.2. The average molecular weight is 492 g/mol. The second-order valence-electron chi connectivity index (χ2n) is 8.30. The highest BCUT2D eigenvalue weighted by molar-refractivity contribution is 7.92. The minimum atomic E-state index is -3.97. The van der Waals surface area contributed by atoms with Crippen LogP contribution in [0, 0.1) is 12.7 Å². The maximum absolute atomic E-state index is 14.4. The Morgan fingerprint density at radius 2 is 1.79 bits per heavy atom. The molecule has 7 nitrogen and oxygen atoms in total. The molecular weight excluding hydrogens is 457 g/mol. The number of amides is 2. The topological polar surface area (TPSA) is 86.8 Å². The van der Waals surface area contributed by atoms with Crippen molar-refractivity contribution in [3.05, 3.63) is 65.5 Å². The number of para-hydroxylation sites is 1. The van der Waals surface area contributed by atoms with Crippen LogP contribution in [0.15, 0.2) is 48.5 Å². The number of unbranched alkanes of at least 4 members (excludes halogenated alkanes) is 1. The molecule has 0 fully saturated rings. The molecule has 0 spiro atoms. The van der Waals surface area contributed by atoms with Gasteiger partial charge in [0.25, 0.3) is 0 Å². The van der Waals surface area contributed by atoms with Gasteiger partial charge in [0.15, 0.2) is 0 Å². The van der Waals surface area contributed by atoms with Gasteiger partial charge in [0, 0.05) is 13.1 Å². The lowest BCUT2D eigenvalue weighted by Gasteiger charge is -2.33. The third-order valence-electron chi connectivity index (χ3n) is 5.45. The third-order valence-corrected chi connectivity index (χ3v) is 6.58. The number of rotatable bonds is 12. The summed E-state index contributed by atoms with van der Waals surface area (Å²) >= 11 is 0. The van der Waals surface area contributed by atoms with Crippen molar-refractivity contribution < 1.29 is 22.4 Å². The highest BCUT2D eigenvalue weighted by Crippen LogP contribution is 2.22. The third kappa shape index (κ3) is 7.55. The lowest BCUT2D eigenvalue weighted by Crippen LogP contribution is -2.52. The second-order valence-corrected chi connectivity index (χ2v) is 10.2. The van der Waals surface area contributed by atoms with Gasteiger partial charge < -0.3 is 10.2 Å². The molecule has 0 saturated carbocycles. The van der Waals surface area contributed by atoms with E-state index in [4.69, 9.17) is 0 Å². The van der Waals surface area contributed by atoms with Gasteiger partial charge in [-0.05, 0) is 37.5 Å². The molecule has 0 bridgehead atoms. The van der Waals surface area contributed by atoms with E-state index in [0.717, 1.165) is 40.6 Å². The van der Waals surface area contributed by atoms with Crippen LogP contribution in [0.3, 0.4) is 0 Å². The normalized spacial score (nSPS) is 12.1. The molecule has 9 heteroatoms. The van der Waals surface area contributed by atoms with Crippen LogP contribution in [0.25, 0.3) is 0 Å². The fourth-order valence-electron chi connectivity index (χ4n) is 3.68. The first-order valence-electron chi connectivity index (χ1n) is 11.4. The summed E-state index contributed by atoms with van der Waals surface area (Å²) in [5.74, 6) is -1.64. The van der Waals surface area contributed by atoms with Gasteiger partial charge in [-0.1, -0.05) is 62.2 Å². The molecule has 0 aliphatic heterocycles. The minimum absolute atomic E-state index is 0.120. The zero-order valence-electron chi connectivity index (χ0n) is 20.3. The number of hydrogen-bond donors (Lipinski definition) is 1. The number of hydrogen-bond acceptors (Lipinski definition) is 4. The standard InChI is InChI=1S/C25H34FN3O4S/c1-5-7-15-27-25(31)22(6-2)28(17-20-12-10-11-19(3)16-20)24(30)18-29(34(4,32)33)23-14-9-8-13-21(23)26/h8-14,16,22H,5-7,15,17-18H2,1-4H3,(H,27,31). The summed E-state index contributed by atoms with van der Waals surface area (Å²) in [6.07, 6.45) is 2.98. The number of anilines is 1. The quantitative estimate of drug-likeness (QED) is 0.460. The summed E-state index contributed by atoms with van der Waals surface area (Å²) in [5, 5.41) is 2.87. The van der Waals surface area contributed by atoms with E-state index in [2.05, 4.69) is 5.32 Å². The SMILES string of the molecule is CCCCNC(=O)C(CC)N(Cc1cccc(C)c1)C(=O)CN(c1ccccc1F)S(C)(=O)=O. The molecule has 0 aliphatic carbocycles. The summed E-state index contributed by atoms with van der Waals surface area (Å²) in [5.41, 5.74) is 1.59. The molecular formula is C25H34FN3O4S. The van der Waals surface area contributed by atoms with Gasteiger partial charge >= 0.3 is 0 Å². The van der Waals surface area contributed by atoms with Crippen LogP contribution in [0.4, 0.5) is 10.1 Å². The Hall–Kier alpha value is -2.94. The van der Waals surface area contributed by atoms with E-state index in [9.17, 15) is 22.4 Å². The summed E-state index contributed by atoms with van der Waals surface area (Å²) in [6, 6.07) is 12.1. The van der Waals surface area contributed by atoms with E-state index in [0.29, 0.717) is 13.0 Å². The minimum Gasteiger partial charge on any atom is -0.354 e. The van der Waals surface area contributed by atoms with Gasteiger partial charge in [-0.15, -0.1) is 0 Å². The maximum Gasteiger partial charge on any atom is 0.244 e. The highest BCUT2D eigenvalue weighted by atomic mass is 32.2. The summed E-state index contributed by atoms with van der Waals surface area (Å²) in [4.78, 5) is 27.9. The number of nitrogens with zero attached hydrogens (tertiary/aromatic N) is 2. The molecule has 1 N–H and O–H groups in total. The smallest absolute Gasteiger partial charge is 0.244 e. The number of benzene rings is 2. The Kier molecular flexibility index (Phi) is 10.0. The molecule has 2 aromatic rings. The van der Waals surface area contributed by atoms with Crippen LogP contribution >= 0.6 is 0 Å². The molecule has 1 atom stereocenters. The lowest BCUT2D eigenvalue weighted by atomic mass is 10.1. The molecule has 34 heavy (non-hydrogen) atoms. The Bertz CT molecular complexity index is 1090. The second kappa shape index (κ2) is 12.5. The van der Waals surface area contributed by atoms with E-state index in [1.165, 1.54) is 23.1 Å². The van der Waals surface area contributed by atoms with Crippen LogP contribution in [0.5, 0.6) is 0 Å². The molecule has 0 heterocycles. The molecule has 0 aliphatic rings. The van der Waals surface area contributed by atoms with Crippen LogP contribution in [-0.4, -0.2) is 50.5 Å². The first kappa shape index (κ1) is 27.3. The van der Waals surface area contributed by atoms with Gasteiger partial charge in [0.1, 0.15) is 18.4 Å². The molecule has 186 valence electrons. The van der Waals surface area contributed by atoms with Crippen LogP contribution in [0.2, 0.25) is 0 Å². The number of halogens is 1. The number of nitrogens with one attached hydrogen (secondary N) is 1. The summed E-state index contributed by atoms with van der Waals surface area (Å²) in [6.45, 7) is 5.72. The Balaban J connectivity index is 2.41. The zero-order chi connectivity index (χ0) is 25.3. The number of aryl methyl sites for hydroxylation is 1. The van der Waals surface area contributed by atoms with E-state index in [1.807, 2.05) is 38.1 Å². The molecule has 2 rings (SSSR count). The predicted molar refractivity (Wildman–Crippen MR) is 132 cm³/mol. The Labute approximate surface area is 202 Å². The molecule has 2 amide bonds. The fourth-order valence-corrected chi connectivity index (χ4v) is 4.53. The number of sulfonamides is 1. The number of carbonyl (C=O) groups is 2. The number of carbonyl (C=O) groups excluding carboxylic acids is 2. The van der Waals surface area contributed by atoms with Gasteiger partial charge in [-0.25, -0.2) is 12.8 Å². The predicted octanol–water partition coefficient (Wildman–Crippen LogP) is 3.62. The van der Waals surface area contributed by atoms with Gasteiger partial charge in [0.2, 0.25) is 21.8 Å². The molecule has 2 aromatic carbocycles. The van der Waals surface area contributed by atoms with Crippen LogP contribution in [0.1, 0.15) is 44.2 Å². The van der Waals surface area contributed by atoms with E-state index in [-0.39, 0.29) is 18.1 Å². The van der Waals surface area contributed by atoms with E-state index in [1.54, 1.807) is 6.92 Å². The molecule has 0 radical (unpaired) electrons. The first-order chi connectivity index (χ1) is 16.1. The van der Waals surface area contributed by atoms with Crippen molar-refractivity contribution >= 4 is 27.5 Å². The zero-order valence-corrected chi connectivity index (χ0v) is 21.1. The van der Waals surface area contributed by atoms with Crippen molar-refractivity contribution in [1.29, 1.82) is 0 Å². The maximum atomic E-state index is 14.4. The van der Waals surface area contributed by atoms with Gasteiger partial charge in [0.05, 0.1) is 11.9 Å². The molecule has 0 saturated heterocycles. The van der Waals surface area contributed by atoms with Gasteiger partial charge in [-0.2, -0.15) is 0 Å². The van der Waals surface area contributed by atoms with E-state index < -0.39 is 34.3 Å². The van der Waals surface area contributed by atoms with Gasteiger partial charge in [-0.3, -0.25) is 13.9 Å². The van der Waals surface area contributed by atoms with Crippen molar-refractivity contribution in [2.75, 3.05) is 23.7 Å². The summed E-state index contributed by atoms with van der Waals surface area (Å²) in [7, 11) is -3.97. The highest BCUT2D eigenvalue weighted by Gasteiger charge is 2.32.